The monoisotopic (exact) mass is 300 g/mol. The van der Waals surface area contributed by atoms with E-state index < -0.39 is 0 Å². The van der Waals surface area contributed by atoms with Crippen molar-refractivity contribution in [2.24, 2.45) is 28.6 Å². The lowest BCUT2D eigenvalue weighted by molar-refractivity contribution is -0.0547. The second-order valence-electron chi connectivity index (χ2n) is 10.1. The predicted octanol–water partition coefficient (Wildman–Crippen LogP) is 5.50. The second kappa shape index (κ2) is 4.21. The van der Waals surface area contributed by atoms with Crippen molar-refractivity contribution in [3.63, 3.8) is 0 Å². The zero-order valence-corrected chi connectivity index (χ0v) is 14.7. The highest BCUT2D eigenvalue weighted by Crippen LogP contribution is 2.65. The van der Waals surface area contributed by atoms with Gasteiger partial charge in [-0.05, 0) is 86.4 Å². The topological polar surface area (TPSA) is 12.5 Å². The molecule has 0 aromatic heterocycles. The smallest absolute Gasteiger partial charge is 0.0919 e. The molecule has 0 N–H and O–H groups in total. The van der Waals surface area contributed by atoms with Crippen molar-refractivity contribution in [2.45, 2.75) is 84.2 Å². The molecule has 0 bridgehead atoms. The molecule has 0 amide bonds. The van der Waals surface area contributed by atoms with Crippen molar-refractivity contribution in [1.29, 1.82) is 0 Å². The van der Waals surface area contributed by atoms with Gasteiger partial charge in [0.15, 0.2) is 0 Å². The minimum Gasteiger partial charge on any atom is -0.370 e. The fraction of sp³-hybridized carbons (Fsp3) is 0.905. The molecule has 4 aliphatic carbocycles. The summed E-state index contributed by atoms with van der Waals surface area (Å²) in [4.78, 5) is 0. The quantitative estimate of drug-likeness (QED) is 0.425. The maximum atomic E-state index is 5.85. The summed E-state index contributed by atoms with van der Waals surface area (Å²) in [5.41, 5.74) is 5.30. The van der Waals surface area contributed by atoms with Crippen LogP contribution in [-0.2, 0) is 4.74 Å². The Morgan fingerprint density at radius 2 is 1.77 bits per heavy atom. The molecule has 1 spiro atoms. The zero-order valence-electron chi connectivity index (χ0n) is 14.7. The van der Waals surface area contributed by atoms with Crippen LogP contribution in [0.4, 0.5) is 0 Å². The van der Waals surface area contributed by atoms with E-state index in [1.54, 1.807) is 0 Å². The lowest BCUT2D eigenvalue weighted by Gasteiger charge is -2.57. The molecule has 0 aromatic rings. The van der Waals surface area contributed by atoms with E-state index in [9.17, 15) is 0 Å². The van der Waals surface area contributed by atoms with Gasteiger partial charge in [0, 0.05) is 0 Å². The molecular formula is C21H32O. The number of epoxide rings is 1. The number of ether oxygens (including phenoxy) is 1. The average molecular weight is 300 g/mol. The first-order chi connectivity index (χ1) is 10.4. The number of allylic oxidation sites excluding steroid dienone is 2. The van der Waals surface area contributed by atoms with Gasteiger partial charge in [-0.3, -0.25) is 0 Å². The summed E-state index contributed by atoms with van der Waals surface area (Å²) in [6, 6.07) is 0. The van der Waals surface area contributed by atoms with Gasteiger partial charge in [-0.15, -0.1) is 0 Å². The summed E-state index contributed by atoms with van der Waals surface area (Å²) in [5, 5.41) is 0. The van der Waals surface area contributed by atoms with Gasteiger partial charge in [0.25, 0.3) is 0 Å². The third kappa shape index (κ3) is 1.75. The van der Waals surface area contributed by atoms with E-state index in [0.29, 0.717) is 16.4 Å². The summed E-state index contributed by atoms with van der Waals surface area (Å²) in [7, 11) is 0. The molecule has 3 unspecified atom stereocenters. The molecule has 1 heteroatoms. The minimum atomic E-state index is 0.353. The van der Waals surface area contributed by atoms with Crippen LogP contribution >= 0.6 is 0 Å². The summed E-state index contributed by atoms with van der Waals surface area (Å²) in [6.45, 7) is 8.72. The molecule has 5 aliphatic rings. The average Bonchev–Trinajstić information content (AvgIpc) is 3.17. The highest BCUT2D eigenvalue weighted by atomic mass is 16.6. The van der Waals surface area contributed by atoms with Gasteiger partial charge < -0.3 is 4.74 Å². The zero-order chi connectivity index (χ0) is 15.2. The maximum Gasteiger partial charge on any atom is 0.0919 e. The van der Waals surface area contributed by atoms with E-state index in [2.05, 4.69) is 20.8 Å². The lowest BCUT2D eigenvalue weighted by atomic mass is 9.48. The molecular weight excluding hydrogens is 268 g/mol. The highest BCUT2D eigenvalue weighted by Gasteiger charge is 2.59. The summed E-state index contributed by atoms with van der Waals surface area (Å²) in [5.74, 6) is 2.87. The van der Waals surface area contributed by atoms with E-state index in [0.717, 1.165) is 24.4 Å². The van der Waals surface area contributed by atoms with Crippen molar-refractivity contribution >= 4 is 0 Å². The number of fused-ring (bicyclic) bond motifs is 4. The second-order valence-corrected chi connectivity index (χ2v) is 10.1. The predicted molar refractivity (Wildman–Crippen MR) is 89.6 cm³/mol. The molecule has 22 heavy (non-hydrogen) atoms. The molecule has 5 rings (SSSR count). The van der Waals surface area contributed by atoms with E-state index in [1.807, 2.05) is 11.1 Å². The van der Waals surface area contributed by atoms with Gasteiger partial charge in [0.05, 0.1) is 12.2 Å². The lowest BCUT2D eigenvalue weighted by Crippen LogP contribution is -2.50. The first kappa shape index (κ1) is 14.1. The van der Waals surface area contributed by atoms with E-state index in [-0.39, 0.29) is 0 Å². The Kier molecular flexibility index (Phi) is 2.69. The first-order valence-electron chi connectivity index (χ1n) is 9.80. The van der Waals surface area contributed by atoms with Gasteiger partial charge in [-0.1, -0.05) is 31.9 Å². The minimum absolute atomic E-state index is 0.353. The Morgan fingerprint density at radius 3 is 2.55 bits per heavy atom. The molecule has 1 aliphatic heterocycles. The molecule has 0 aromatic carbocycles. The van der Waals surface area contributed by atoms with Crippen LogP contribution in [0.1, 0.15) is 78.6 Å². The van der Waals surface area contributed by atoms with Crippen molar-refractivity contribution in [3.05, 3.63) is 11.1 Å². The standard InChI is InChI=1S/C21H32O/c1-19(2)9-8-16-15-5-4-14-12-21(13-22-21)11-10-20(14,3)18(15)7-6-17(16)19/h14-15,18H,4-13H2,1-3H3/t14?,15?,18?,20-,21+/m0/s1. The van der Waals surface area contributed by atoms with Gasteiger partial charge in [0.2, 0.25) is 0 Å². The van der Waals surface area contributed by atoms with Crippen molar-refractivity contribution in [1.82, 2.24) is 0 Å². The summed E-state index contributed by atoms with van der Waals surface area (Å²) < 4.78 is 5.85. The van der Waals surface area contributed by atoms with Crippen LogP contribution in [0, 0.1) is 28.6 Å². The number of rotatable bonds is 0. The molecule has 122 valence electrons. The first-order valence-corrected chi connectivity index (χ1v) is 9.80. The van der Waals surface area contributed by atoms with Gasteiger partial charge in [-0.2, -0.15) is 0 Å². The van der Waals surface area contributed by atoms with Crippen LogP contribution in [0.3, 0.4) is 0 Å². The van der Waals surface area contributed by atoms with Crippen LogP contribution in [0.25, 0.3) is 0 Å². The van der Waals surface area contributed by atoms with Crippen LogP contribution < -0.4 is 0 Å². The maximum absolute atomic E-state index is 5.85. The Hall–Kier alpha value is -0.300. The molecule has 1 heterocycles. The van der Waals surface area contributed by atoms with E-state index in [1.165, 1.54) is 57.8 Å². The van der Waals surface area contributed by atoms with Crippen LogP contribution in [-0.4, -0.2) is 12.2 Å². The van der Waals surface area contributed by atoms with Crippen molar-refractivity contribution in [2.75, 3.05) is 6.61 Å². The molecule has 1 saturated heterocycles. The Morgan fingerprint density at radius 1 is 0.955 bits per heavy atom. The van der Waals surface area contributed by atoms with E-state index in [4.69, 9.17) is 4.74 Å². The fourth-order valence-corrected chi connectivity index (χ4v) is 7.15. The highest BCUT2D eigenvalue weighted by molar-refractivity contribution is 5.33. The Bertz CT molecular complexity index is 538. The third-order valence-corrected chi connectivity index (χ3v) is 8.76. The van der Waals surface area contributed by atoms with Crippen LogP contribution in [0.2, 0.25) is 0 Å². The fourth-order valence-electron chi connectivity index (χ4n) is 7.15. The number of hydrogen-bond acceptors (Lipinski definition) is 1. The molecule has 3 fully saturated rings. The molecule has 2 saturated carbocycles. The summed E-state index contributed by atoms with van der Waals surface area (Å²) >= 11 is 0. The van der Waals surface area contributed by atoms with Gasteiger partial charge in [0.1, 0.15) is 0 Å². The molecule has 1 nitrogen and oxygen atoms in total. The third-order valence-electron chi connectivity index (χ3n) is 8.76. The van der Waals surface area contributed by atoms with E-state index >= 15 is 0 Å². The normalized spacial score (nSPS) is 52.2. The van der Waals surface area contributed by atoms with Crippen molar-refractivity contribution < 1.29 is 4.74 Å². The van der Waals surface area contributed by atoms with Crippen LogP contribution in [0.5, 0.6) is 0 Å². The Balaban J connectivity index is 1.47. The molecule has 5 atom stereocenters. The van der Waals surface area contributed by atoms with Gasteiger partial charge >= 0.3 is 0 Å². The van der Waals surface area contributed by atoms with Gasteiger partial charge in [-0.25, -0.2) is 0 Å². The SMILES string of the molecule is CC1(C)CCC2=C1CCC1C2CCC2C[C@]3(CC[C@@]21C)CO3. The van der Waals surface area contributed by atoms with Crippen LogP contribution in [0.15, 0.2) is 11.1 Å². The molecule has 0 radical (unpaired) electrons. The largest absolute Gasteiger partial charge is 0.370 e. The number of hydrogen-bond donors (Lipinski definition) is 0. The summed E-state index contributed by atoms with van der Waals surface area (Å²) in [6.07, 6.45) is 12.8. The Labute approximate surface area is 135 Å². The van der Waals surface area contributed by atoms with Crippen molar-refractivity contribution in [3.8, 4) is 0 Å².